The van der Waals surface area contributed by atoms with Gasteiger partial charge in [-0.3, -0.25) is 0 Å². The monoisotopic (exact) mass is 701 g/mol. The molecule has 0 spiro atoms. The summed E-state index contributed by atoms with van der Waals surface area (Å²) >= 11 is 0. The highest BCUT2D eigenvalue weighted by Gasteiger charge is 2.22. The number of para-hydroxylation sites is 5. The van der Waals surface area contributed by atoms with Crippen molar-refractivity contribution in [1.29, 1.82) is 0 Å². The quantitative estimate of drug-likeness (QED) is 0.168. The van der Waals surface area contributed by atoms with E-state index in [0.717, 1.165) is 39.6 Å². The van der Waals surface area contributed by atoms with Gasteiger partial charge in [0.05, 0.1) is 33.4 Å². The van der Waals surface area contributed by atoms with Crippen molar-refractivity contribution in [3.05, 3.63) is 212 Å². The fourth-order valence-electron chi connectivity index (χ4n) is 8.67. The predicted molar refractivity (Wildman–Crippen MR) is 233 cm³/mol. The minimum Gasteiger partial charge on any atom is -0.309 e. The van der Waals surface area contributed by atoms with Crippen molar-refractivity contribution in [3.8, 4) is 22.5 Å². The lowest BCUT2D eigenvalue weighted by Gasteiger charge is -2.29. The molecule has 55 heavy (non-hydrogen) atoms. The Morgan fingerprint density at radius 3 is 1.49 bits per heavy atom. The van der Waals surface area contributed by atoms with Crippen LogP contribution in [0, 0.1) is 0 Å². The lowest BCUT2D eigenvalue weighted by Crippen LogP contribution is -2.12. The summed E-state index contributed by atoms with van der Waals surface area (Å²) in [4.78, 5) is 2.46. The van der Waals surface area contributed by atoms with Gasteiger partial charge < -0.3 is 14.0 Å². The minimum absolute atomic E-state index is 1.09. The molecule has 3 heteroatoms. The fraction of sp³-hybridized carbons (Fsp3) is 0. The normalized spacial score (nSPS) is 11.6. The Kier molecular flexibility index (Phi) is 7.17. The zero-order valence-electron chi connectivity index (χ0n) is 30.0. The Labute approximate surface area is 319 Å². The van der Waals surface area contributed by atoms with Gasteiger partial charge in [0.25, 0.3) is 0 Å². The van der Waals surface area contributed by atoms with Crippen LogP contribution in [0.1, 0.15) is 0 Å². The largest absolute Gasteiger partial charge is 0.309 e. The molecule has 258 valence electrons. The van der Waals surface area contributed by atoms with Crippen molar-refractivity contribution < 1.29 is 0 Å². The van der Waals surface area contributed by atoms with Crippen LogP contribution in [0.25, 0.3) is 76.9 Å². The number of nitrogens with zero attached hydrogens (tertiary/aromatic N) is 3. The highest BCUT2D eigenvalue weighted by molar-refractivity contribution is 6.12. The van der Waals surface area contributed by atoms with E-state index in [9.17, 15) is 0 Å². The van der Waals surface area contributed by atoms with Crippen LogP contribution in [0.2, 0.25) is 0 Å². The van der Waals surface area contributed by atoms with E-state index < -0.39 is 0 Å². The molecule has 0 aliphatic rings. The second-order valence-corrected chi connectivity index (χ2v) is 14.2. The molecule has 0 amide bonds. The molecule has 0 unspecified atom stereocenters. The Bertz CT molecular complexity index is 3200. The van der Waals surface area contributed by atoms with Crippen molar-refractivity contribution in [3.63, 3.8) is 0 Å². The highest BCUT2D eigenvalue weighted by Crippen LogP contribution is 2.46. The van der Waals surface area contributed by atoms with Gasteiger partial charge in [-0.1, -0.05) is 146 Å². The van der Waals surface area contributed by atoms with E-state index in [2.05, 4.69) is 226 Å². The van der Waals surface area contributed by atoms with Crippen LogP contribution < -0.4 is 4.90 Å². The van der Waals surface area contributed by atoms with Gasteiger partial charge in [0.2, 0.25) is 0 Å². The standard InChI is InChI=1S/C52H35N3/c1-3-18-38(19-4-1)53-49-27-13-10-24-43(49)45-32-30-37(34-51(45)53)42-23-9-12-26-47(42)55(48-29-15-17-36-16-7-8-22-41(36)48)40-31-33-46-44-25-11-14-28-50(44)54(52(46)35-40)39-20-5-2-6-21-39/h1-35H. The molecule has 0 saturated heterocycles. The third-order valence-corrected chi connectivity index (χ3v) is 11.1. The van der Waals surface area contributed by atoms with Gasteiger partial charge >= 0.3 is 0 Å². The molecule has 0 saturated carbocycles. The van der Waals surface area contributed by atoms with Crippen molar-refractivity contribution in [2.75, 3.05) is 4.90 Å². The van der Waals surface area contributed by atoms with Gasteiger partial charge in [-0.05, 0) is 77.7 Å². The van der Waals surface area contributed by atoms with Crippen LogP contribution in [0.4, 0.5) is 17.1 Å². The molecule has 0 radical (unpaired) electrons. The number of benzene rings is 9. The molecule has 9 aromatic carbocycles. The first kappa shape index (κ1) is 31.2. The number of aromatic nitrogens is 2. The number of hydrogen-bond donors (Lipinski definition) is 0. The molecular formula is C52H35N3. The van der Waals surface area contributed by atoms with Gasteiger partial charge in [-0.25, -0.2) is 0 Å². The first-order valence-corrected chi connectivity index (χ1v) is 18.9. The SMILES string of the molecule is c1ccc(-n2c3ccccc3c3ccc(-c4ccccc4N(c4ccc5c6ccccc6n(-c6ccccc6)c5c4)c4cccc5ccccc45)cc32)cc1. The van der Waals surface area contributed by atoms with Crippen molar-refractivity contribution in [1.82, 2.24) is 9.13 Å². The van der Waals surface area contributed by atoms with Crippen molar-refractivity contribution in [2.45, 2.75) is 0 Å². The predicted octanol–water partition coefficient (Wildman–Crippen LogP) is 14.2. The maximum absolute atomic E-state index is 2.46. The summed E-state index contributed by atoms with van der Waals surface area (Å²) in [5.41, 5.74) is 12.7. The summed E-state index contributed by atoms with van der Waals surface area (Å²) in [6.45, 7) is 0. The van der Waals surface area contributed by atoms with Gasteiger partial charge in [0.15, 0.2) is 0 Å². The van der Waals surface area contributed by atoms with Crippen molar-refractivity contribution >= 4 is 71.4 Å². The van der Waals surface area contributed by atoms with E-state index in [0.29, 0.717) is 0 Å². The fourth-order valence-corrected chi connectivity index (χ4v) is 8.67. The van der Waals surface area contributed by atoms with Crippen LogP contribution in [0.3, 0.4) is 0 Å². The number of rotatable bonds is 6. The van der Waals surface area contributed by atoms with E-state index in [4.69, 9.17) is 0 Å². The molecule has 0 N–H and O–H groups in total. The molecule has 0 atom stereocenters. The summed E-state index contributed by atoms with van der Waals surface area (Å²) in [7, 11) is 0. The minimum atomic E-state index is 1.09. The van der Waals surface area contributed by atoms with E-state index in [1.807, 2.05) is 0 Å². The molecule has 11 rings (SSSR count). The zero-order valence-corrected chi connectivity index (χ0v) is 30.0. The van der Waals surface area contributed by atoms with Crippen LogP contribution in [-0.4, -0.2) is 9.13 Å². The maximum atomic E-state index is 2.46. The lowest BCUT2D eigenvalue weighted by molar-refractivity contribution is 1.18. The number of anilines is 3. The van der Waals surface area contributed by atoms with E-state index in [-0.39, 0.29) is 0 Å². The third kappa shape index (κ3) is 4.98. The first-order valence-electron chi connectivity index (χ1n) is 18.9. The van der Waals surface area contributed by atoms with Crippen LogP contribution in [-0.2, 0) is 0 Å². The lowest BCUT2D eigenvalue weighted by atomic mass is 9.99. The number of hydrogen-bond acceptors (Lipinski definition) is 1. The third-order valence-electron chi connectivity index (χ3n) is 11.1. The summed E-state index contributed by atoms with van der Waals surface area (Å²) < 4.78 is 4.80. The first-order chi connectivity index (χ1) is 27.3. The smallest absolute Gasteiger partial charge is 0.0561 e. The topological polar surface area (TPSA) is 13.1 Å². The van der Waals surface area contributed by atoms with Gasteiger partial charge in [-0.15, -0.1) is 0 Å². The summed E-state index contributed by atoms with van der Waals surface area (Å²) in [5, 5.41) is 7.37. The molecule has 0 bridgehead atoms. The summed E-state index contributed by atoms with van der Waals surface area (Å²) in [6.07, 6.45) is 0. The summed E-state index contributed by atoms with van der Waals surface area (Å²) in [5.74, 6) is 0. The van der Waals surface area contributed by atoms with E-state index in [1.54, 1.807) is 0 Å². The Morgan fingerprint density at radius 2 is 0.800 bits per heavy atom. The second-order valence-electron chi connectivity index (χ2n) is 14.2. The molecule has 2 heterocycles. The number of fused-ring (bicyclic) bond motifs is 7. The van der Waals surface area contributed by atoms with Crippen LogP contribution in [0.15, 0.2) is 212 Å². The second kappa shape index (κ2) is 12.6. The van der Waals surface area contributed by atoms with Gasteiger partial charge in [0, 0.05) is 49.6 Å². The molecular weight excluding hydrogens is 667 g/mol. The van der Waals surface area contributed by atoms with Gasteiger partial charge in [0.1, 0.15) is 0 Å². The molecule has 3 nitrogen and oxygen atoms in total. The Morgan fingerprint density at radius 1 is 0.309 bits per heavy atom. The van der Waals surface area contributed by atoms with E-state index >= 15 is 0 Å². The van der Waals surface area contributed by atoms with Crippen LogP contribution in [0.5, 0.6) is 0 Å². The molecule has 2 aromatic heterocycles. The summed E-state index contributed by atoms with van der Waals surface area (Å²) in [6, 6.07) is 77.0. The van der Waals surface area contributed by atoms with E-state index in [1.165, 1.54) is 54.4 Å². The van der Waals surface area contributed by atoms with Crippen molar-refractivity contribution in [2.24, 2.45) is 0 Å². The van der Waals surface area contributed by atoms with Crippen LogP contribution >= 0.6 is 0 Å². The Hall–Kier alpha value is -7.36. The average Bonchev–Trinajstić information content (AvgIpc) is 3.77. The molecule has 11 aromatic rings. The molecule has 0 aliphatic heterocycles. The molecule has 0 aliphatic carbocycles. The van der Waals surface area contributed by atoms with Gasteiger partial charge in [-0.2, -0.15) is 0 Å². The molecule has 0 fully saturated rings. The average molecular weight is 702 g/mol. The zero-order chi connectivity index (χ0) is 36.3. The maximum Gasteiger partial charge on any atom is 0.0561 e. The Balaban J connectivity index is 1.19. The highest BCUT2D eigenvalue weighted by atomic mass is 15.1.